The zero-order valence-electron chi connectivity index (χ0n) is 18.9. The Morgan fingerprint density at radius 3 is 2.67 bits per heavy atom. The van der Waals surface area contributed by atoms with Crippen LogP contribution in [0.2, 0.25) is 0 Å². The van der Waals surface area contributed by atoms with Gasteiger partial charge in [0.25, 0.3) is 0 Å². The van der Waals surface area contributed by atoms with E-state index in [0.717, 1.165) is 22.1 Å². The van der Waals surface area contributed by atoms with Crippen LogP contribution < -0.4 is 4.72 Å². The molecule has 0 aliphatic heterocycles. The van der Waals surface area contributed by atoms with Gasteiger partial charge in [0, 0.05) is 28.7 Å². The Hall–Kier alpha value is -2.26. The van der Waals surface area contributed by atoms with Gasteiger partial charge >= 0.3 is 0 Å². The summed E-state index contributed by atoms with van der Waals surface area (Å²) in [6, 6.07) is 16.1. The van der Waals surface area contributed by atoms with Crippen molar-refractivity contribution in [2.45, 2.75) is 44.9 Å². The van der Waals surface area contributed by atoms with Crippen LogP contribution in [-0.4, -0.2) is 19.4 Å². The molecule has 2 aromatic heterocycles. The second-order valence-electron chi connectivity index (χ2n) is 8.94. The summed E-state index contributed by atoms with van der Waals surface area (Å²) < 4.78 is 36.6. The van der Waals surface area contributed by atoms with Crippen molar-refractivity contribution >= 4 is 38.3 Å². The Labute approximate surface area is 204 Å². The Bertz CT molecular complexity index is 1290. The van der Waals surface area contributed by atoms with Gasteiger partial charge in [0.1, 0.15) is 20.9 Å². The molecular formula is C25H25BrFN3O2S. The lowest BCUT2D eigenvalue weighted by Gasteiger charge is -2.29. The van der Waals surface area contributed by atoms with Crippen molar-refractivity contribution in [2.75, 3.05) is 0 Å². The molecule has 0 spiro atoms. The quantitative estimate of drug-likeness (QED) is 0.230. The number of rotatable bonds is 6. The molecule has 0 fully saturated rings. The first-order valence-corrected chi connectivity index (χ1v) is 12.5. The zero-order chi connectivity index (χ0) is 23.8. The van der Waals surface area contributed by atoms with Crippen LogP contribution in [0.15, 0.2) is 63.7 Å². The van der Waals surface area contributed by atoms with E-state index in [9.17, 15) is 8.94 Å². The van der Waals surface area contributed by atoms with Crippen LogP contribution in [0.4, 0.5) is 4.39 Å². The van der Waals surface area contributed by atoms with Crippen LogP contribution in [0.1, 0.15) is 43.6 Å². The highest BCUT2D eigenvalue weighted by Gasteiger charge is 2.32. The fourth-order valence-corrected chi connectivity index (χ4v) is 4.74. The maximum absolute atomic E-state index is 14.6. The van der Waals surface area contributed by atoms with Gasteiger partial charge in [0.05, 0.1) is 11.7 Å². The molecule has 2 aromatic carbocycles. The molecule has 1 N–H and O–H groups in total. The molecule has 0 aliphatic rings. The first-order valence-electron chi connectivity index (χ1n) is 10.6. The average molecular weight is 530 g/mol. The number of nitrogens with one attached hydrogen (secondary N) is 1. The predicted octanol–water partition coefficient (Wildman–Crippen LogP) is 6.44. The fraction of sp³-hybridized carbons (Fsp3) is 0.280. The van der Waals surface area contributed by atoms with Crippen molar-refractivity contribution in [3.8, 4) is 11.3 Å². The van der Waals surface area contributed by atoms with Crippen molar-refractivity contribution in [1.29, 1.82) is 0 Å². The molecule has 0 bridgehead atoms. The number of halogens is 2. The number of aromatic nitrogens is 2. The monoisotopic (exact) mass is 529 g/mol. The second-order valence-corrected chi connectivity index (χ2v) is 11.7. The molecule has 0 unspecified atom stereocenters. The number of aryl methyl sites for hydroxylation is 1. The minimum Gasteiger partial charge on any atom is -0.598 e. The largest absolute Gasteiger partial charge is 0.598 e. The van der Waals surface area contributed by atoms with Crippen molar-refractivity contribution in [1.82, 2.24) is 14.9 Å². The van der Waals surface area contributed by atoms with Crippen molar-refractivity contribution < 1.29 is 13.5 Å². The van der Waals surface area contributed by atoms with Gasteiger partial charge in [0.15, 0.2) is 5.58 Å². The Balaban J connectivity index is 1.82. The Morgan fingerprint density at radius 1 is 1.15 bits per heavy atom. The number of hydrogen-bond donors (Lipinski definition) is 1. The first kappa shape index (κ1) is 23.9. The van der Waals surface area contributed by atoms with Crippen molar-refractivity contribution in [3.05, 3.63) is 81.8 Å². The van der Waals surface area contributed by atoms with Crippen LogP contribution in [0.5, 0.6) is 0 Å². The Kier molecular flexibility index (Phi) is 6.91. The number of nitrogens with zero attached hydrogens (tertiary/aromatic N) is 2. The lowest BCUT2D eigenvalue weighted by Crippen LogP contribution is -2.42. The number of pyridine rings is 1. The lowest BCUT2D eigenvalue weighted by atomic mass is 9.94. The second kappa shape index (κ2) is 9.54. The maximum Gasteiger partial charge on any atom is 0.167 e. The standard InChI is InChI=1S/C25H25BrFN3O2S/c1-15-9-10-18-22(13-15)32-29-24(18)17-8-6-5-7-16(17)20(30-33(31)25(2,3)4)14-21-19(27)11-12-23(26)28-21/h5-13,20,30H,14H2,1-4H3/t20-,33-/m0/s1. The molecular weight excluding hydrogens is 505 g/mol. The van der Waals surface area contributed by atoms with Crippen LogP contribution in [0.3, 0.4) is 0 Å². The predicted molar refractivity (Wildman–Crippen MR) is 134 cm³/mol. The SMILES string of the molecule is Cc1ccc2c(-c3ccccc3[C@H](Cc3nc(Br)ccc3F)N[S@@+]([O-])C(C)(C)C)noc2c1. The molecule has 8 heteroatoms. The van der Waals surface area contributed by atoms with Gasteiger partial charge < -0.3 is 9.08 Å². The number of benzene rings is 2. The average Bonchev–Trinajstić information content (AvgIpc) is 3.18. The maximum atomic E-state index is 14.6. The van der Waals surface area contributed by atoms with Gasteiger partial charge in [-0.3, -0.25) is 0 Å². The minimum atomic E-state index is -1.39. The van der Waals surface area contributed by atoms with Crippen LogP contribution >= 0.6 is 15.9 Å². The van der Waals surface area contributed by atoms with Crippen LogP contribution in [0, 0.1) is 12.7 Å². The topological polar surface area (TPSA) is 74.0 Å². The van der Waals surface area contributed by atoms with Crippen LogP contribution in [-0.2, 0) is 17.8 Å². The molecule has 0 radical (unpaired) electrons. The molecule has 172 valence electrons. The molecule has 4 rings (SSSR count). The highest BCUT2D eigenvalue weighted by Crippen LogP contribution is 2.35. The lowest BCUT2D eigenvalue weighted by molar-refractivity contribution is 0.459. The van der Waals surface area contributed by atoms with Gasteiger partial charge in [-0.2, -0.15) is 0 Å². The third-order valence-corrected chi connectivity index (χ3v) is 7.36. The Morgan fingerprint density at radius 2 is 1.91 bits per heavy atom. The molecule has 0 aliphatic carbocycles. The molecule has 0 amide bonds. The third-order valence-electron chi connectivity index (χ3n) is 5.31. The molecule has 5 nitrogen and oxygen atoms in total. The summed E-state index contributed by atoms with van der Waals surface area (Å²) in [6.07, 6.45) is 0.207. The number of hydrogen-bond acceptors (Lipinski definition) is 5. The van der Waals surface area contributed by atoms with Gasteiger partial charge in [-0.15, -0.1) is 4.72 Å². The highest BCUT2D eigenvalue weighted by atomic mass is 79.9. The van der Waals surface area contributed by atoms with E-state index in [0.29, 0.717) is 15.9 Å². The van der Waals surface area contributed by atoms with Gasteiger partial charge in [-0.1, -0.05) is 35.5 Å². The van der Waals surface area contributed by atoms with Gasteiger partial charge in [-0.05, 0) is 79.0 Å². The third kappa shape index (κ3) is 5.30. The number of fused-ring (bicyclic) bond motifs is 1. The van der Waals surface area contributed by atoms with E-state index in [2.05, 4.69) is 30.8 Å². The fourth-order valence-electron chi connectivity index (χ4n) is 3.57. The summed E-state index contributed by atoms with van der Waals surface area (Å²) in [6.45, 7) is 7.68. The normalized spacial score (nSPS) is 13.9. The molecule has 2 atom stereocenters. The van der Waals surface area contributed by atoms with Crippen molar-refractivity contribution in [2.24, 2.45) is 0 Å². The molecule has 2 heterocycles. The summed E-state index contributed by atoms with van der Waals surface area (Å²) in [5.41, 5.74) is 4.42. The first-order chi connectivity index (χ1) is 15.6. The molecule has 0 saturated heterocycles. The highest BCUT2D eigenvalue weighted by molar-refractivity contribution is 9.10. The smallest absolute Gasteiger partial charge is 0.167 e. The van der Waals surface area contributed by atoms with E-state index >= 15 is 0 Å². The van der Waals surface area contributed by atoms with E-state index in [4.69, 9.17) is 4.52 Å². The van der Waals surface area contributed by atoms with Gasteiger partial charge in [-0.25, -0.2) is 9.37 Å². The summed E-state index contributed by atoms with van der Waals surface area (Å²) in [5.74, 6) is -0.411. The molecule has 4 aromatic rings. The molecule has 33 heavy (non-hydrogen) atoms. The van der Waals surface area contributed by atoms with E-state index in [1.165, 1.54) is 6.07 Å². The summed E-state index contributed by atoms with van der Waals surface area (Å²) >= 11 is 1.93. The minimum absolute atomic E-state index is 0.207. The van der Waals surface area contributed by atoms with E-state index in [1.807, 2.05) is 70.2 Å². The van der Waals surface area contributed by atoms with E-state index < -0.39 is 28.0 Å². The summed E-state index contributed by atoms with van der Waals surface area (Å²) in [7, 11) is 0. The van der Waals surface area contributed by atoms with Crippen LogP contribution in [0.25, 0.3) is 22.2 Å². The van der Waals surface area contributed by atoms with E-state index in [-0.39, 0.29) is 12.1 Å². The summed E-state index contributed by atoms with van der Waals surface area (Å²) in [4.78, 5) is 4.33. The van der Waals surface area contributed by atoms with Gasteiger partial charge in [0.2, 0.25) is 0 Å². The van der Waals surface area contributed by atoms with Crippen molar-refractivity contribution in [3.63, 3.8) is 0 Å². The molecule has 0 saturated carbocycles. The summed E-state index contributed by atoms with van der Waals surface area (Å²) in [5, 5.41) is 5.23. The van der Waals surface area contributed by atoms with E-state index in [1.54, 1.807) is 6.07 Å². The zero-order valence-corrected chi connectivity index (χ0v) is 21.3.